The zero-order chi connectivity index (χ0) is 16.7. The summed E-state index contributed by atoms with van der Waals surface area (Å²) in [6, 6.07) is 0. The van der Waals surface area contributed by atoms with Crippen LogP contribution in [0.5, 0.6) is 0 Å². The van der Waals surface area contributed by atoms with Gasteiger partial charge in [0.05, 0.1) is 30.1 Å². The molecule has 128 valence electrons. The second-order valence-corrected chi connectivity index (χ2v) is 7.67. The first kappa shape index (κ1) is 18.2. The highest BCUT2D eigenvalue weighted by Gasteiger charge is 2.20. The second kappa shape index (κ2) is 9.24. The zero-order valence-electron chi connectivity index (χ0n) is 13.4. The van der Waals surface area contributed by atoms with Crippen molar-refractivity contribution in [1.82, 2.24) is 10.3 Å². The number of thioether (sulfide) groups is 1. The summed E-state index contributed by atoms with van der Waals surface area (Å²) in [5.41, 5.74) is 0.683. The minimum atomic E-state index is -0.281. The number of carbonyl (C=O) groups is 2. The molecule has 2 atom stereocenters. The number of ether oxygens (including phenoxy) is 2. The van der Waals surface area contributed by atoms with Crippen LogP contribution in [0.4, 0.5) is 0 Å². The Bertz CT molecular complexity index is 529. The molecular weight excluding hydrogens is 336 g/mol. The first-order valence-corrected chi connectivity index (χ1v) is 9.50. The molecule has 1 aliphatic rings. The number of hydrogen-bond acceptors (Lipinski definition) is 7. The second-order valence-electron chi connectivity index (χ2n) is 5.23. The summed E-state index contributed by atoms with van der Waals surface area (Å²) in [5, 5.41) is 4.51. The Morgan fingerprint density at radius 1 is 1.61 bits per heavy atom. The van der Waals surface area contributed by atoms with Gasteiger partial charge >= 0.3 is 5.97 Å². The van der Waals surface area contributed by atoms with E-state index in [2.05, 4.69) is 10.3 Å². The van der Waals surface area contributed by atoms with Crippen molar-refractivity contribution in [2.24, 2.45) is 0 Å². The molecular formula is C15H22N2O4S2. The van der Waals surface area contributed by atoms with Gasteiger partial charge in [0.25, 0.3) is 0 Å². The summed E-state index contributed by atoms with van der Waals surface area (Å²) in [6.07, 6.45) is 2.38. The van der Waals surface area contributed by atoms with Crippen LogP contribution in [0.15, 0.2) is 9.72 Å². The van der Waals surface area contributed by atoms with Crippen molar-refractivity contribution in [3.05, 3.63) is 11.1 Å². The highest BCUT2D eigenvalue weighted by atomic mass is 32.2. The van der Waals surface area contributed by atoms with Gasteiger partial charge in [-0.05, 0) is 26.7 Å². The van der Waals surface area contributed by atoms with Crippen LogP contribution in [-0.2, 0) is 25.5 Å². The molecule has 0 radical (unpaired) electrons. The van der Waals surface area contributed by atoms with Crippen LogP contribution in [0, 0.1) is 0 Å². The lowest BCUT2D eigenvalue weighted by atomic mass is 10.2. The van der Waals surface area contributed by atoms with Gasteiger partial charge in [-0.15, -0.1) is 11.3 Å². The summed E-state index contributed by atoms with van der Waals surface area (Å²) < 4.78 is 11.2. The van der Waals surface area contributed by atoms with Crippen molar-refractivity contribution >= 4 is 35.0 Å². The number of nitrogens with one attached hydrogen (secondary N) is 1. The zero-order valence-corrected chi connectivity index (χ0v) is 15.0. The van der Waals surface area contributed by atoms with Gasteiger partial charge in [0.2, 0.25) is 5.91 Å². The van der Waals surface area contributed by atoms with Crippen LogP contribution >= 0.6 is 23.1 Å². The van der Waals surface area contributed by atoms with E-state index < -0.39 is 0 Å². The van der Waals surface area contributed by atoms with Crippen molar-refractivity contribution in [2.45, 2.75) is 48.8 Å². The standard InChI is InChI=1S/C15H22N2O4S2/c1-3-20-13(18)7-11-9-22-15(17-11)23-10(2)14(19)16-8-12-5-4-6-21-12/h9-10,12H,3-8H2,1-2H3,(H,16,19)/t10-,12-/m0/s1. The molecule has 0 spiro atoms. The lowest BCUT2D eigenvalue weighted by Gasteiger charge is -2.13. The summed E-state index contributed by atoms with van der Waals surface area (Å²) in [7, 11) is 0. The summed E-state index contributed by atoms with van der Waals surface area (Å²) in [4.78, 5) is 27.9. The van der Waals surface area contributed by atoms with Crippen LogP contribution in [-0.4, -0.2) is 48.0 Å². The normalized spacial score (nSPS) is 18.6. The van der Waals surface area contributed by atoms with Crippen LogP contribution in [0.3, 0.4) is 0 Å². The number of rotatable bonds is 8. The molecule has 0 saturated carbocycles. The fraction of sp³-hybridized carbons (Fsp3) is 0.667. The van der Waals surface area contributed by atoms with Crippen molar-refractivity contribution in [3.63, 3.8) is 0 Å². The number of nitrogens with zero attached hydrogens (tertiary/aromatic N) is 1. The van der Waals surface area contributed by atoms with Gasteiger partial charge in [-0.2, -0.15) is 0 Å². The van der Waals surface area contributed by atoms with Gasteiger partial charge in [-0.3, -0.25) is 9.59 Å². The van der Waals surface area contributed by atoms with E-state index in [0.717, 1.165) is 23.8 Å². The fourth-order valence-corrected chi connectivity index (χ4v) is 4.16. The average Bonchev–Trinajstić information content (AvgIpc) is 3.17. The van der Waals surface area contributed by atoms with Crippen molar-refractivity contribution in [1.29, 1.82) is 0 Å². The quantitative estimate of drug-likeness (QED) is 0.566. The highest BCUT2D eigenvalue weighted by molar-refractivity contribution is 8.02. The minimum Gasteiger partial charge on any atom is -0.466 e. The van der Waals surface area contributed by atoms with Crippen LogP contribution < -0.4 is 5.32 Å². The molecule has 1 amide bonds. The summed E-state index contributed by atoms with van der Waals surface area (Å²) >= 11 is 2.84. The van der Waals surface area contributed by atoms with Gasteiger partial charge in [0, 0.05) is 18.5 Å². The Balaban J connectivity index is 1.75. The molecule has 1 aromatic heterocycles. The van der Waals surface area contributed by atoms with E-state index in [-0.39, 0.29) is 29.7 Å². The van der Waals surface area contributed by atoms with Crippen LogP contribution in [0.1, 0.15) is 32.4 Å². The van der Waals surface area contributed by atoms with E-state index in [9.17, 15) is 9.59 Å². The van der Waals surface area contributed by atoms with E-state index in [0.29, 0.717) is 18.8 Å². The highest BCUT2D eigenvalue weighted by Crippen LogP contribution is 2.27. The van der Waals surface area contributed by atoms with Gasteiger partial charge in [-0.1, -0.05) is 11.8 Å². The van der Waals surface area contributed by atoms with Gasteiger partial charge in [0.15, 0.2) is 4.34 Å². The predicted molar refractivity (Wildman–Crippen MR) is 89.8 cm³/mol. The van der Waals surface area contributed by atoms with E-state index in [4.69, 9.17) is 9.47 Å². The number of amides is 1. The van der Waals surface area contributed by atoms with Crippen molar-refractivity contribution in [3.8, 4) is 0 Å². The summed E-state index contributed by atoms with van der Waals surface area (Å²) in [5.74, 6) is -0.302. The monoisotopic (exact) mass is 358 g/mol. The van der Waals surface area contributed by atoms with Gasteiger partial charge < -0.3 is 14.8 Å². The molecule has 1 fully saturated rings. The average molecular weight is 358 g/mol. The number of hydrogen-bond donors (Lipinski definition) is 1. The van der Waals surface area contributed by atoms with Crippen molar-refractivity contribution in [2.75, 3.05) is 19.8 Å². The maximum Gasteiger partial charge on any atom is 0.311 e. The van der Waals surface area contributed by atoms with E-state index >= 15 is 0 Å². The maximum atomic E-state index is 12.1. The van der Waals surface area contributed by atoms with E-state index in [1.54, 1.807) is 6.92 Å². The molecule has 1 aliphatic heterocycles. The fourth-order valence-electron chi connectivity index (χ4n) is 2.15. The topological polar surface area (TPSA) is 77.5 Å². The lowest BCUT2D eigenvalue weighted by Crippen LogP contribution is -2.36. The Hall–Kier alpha value is -1.12. The Morgan fingerprint density at radius 2 is 2.43 bits per heavy atom. The van der Waals surface area contributed by atoms with Crippen molar-refractivity contribution < 1.29 is 19.1 Å². The van der Waals surface area contributed by atoms with E-state index in [1.807, 2.05) is 12.3 Å². The molecule has 8 heteroatoms. The number of thiazole rings is 1. The molecule has 1 N–H and O–H groups in total. The molecule has 1 aromatic rings. The van der Waals surface area contributed by atoms with E-state index in [1.165, 1.54) is 23.1 Å². The molecule has 6 nitrogen and oxygen atoms in total. The molecule has 0 bridgehead atoms. The molecule has 23 heavy (non-hydrogen) atoms. The number of carbonyl (C=O) groups excluding carboxylic acids is 2. The number of esters is 1. The van der Waals surface area contributed by atoms with Gasteiger partial charge in [0.1, 0.15) is 0 Å². The van der Waals surface area contributed by atoms with Crippen LogP contribution in [0.25, 0.3) is 0 Å². The molecule has 2 rings (SSSR count). The van der Waals surface area contributed by atoms with Crippen LogP contribution in [0.2, 0.25) is 0 Å². The number of aromatic nitrogens is 1. The summed E-state index contributed by atoms with van der Waals surface area (Å²) in [6.45, 7) is 5.34. The lowest BCUT2D eigenvalue weighted by molar-refractivity contribution is -0.142. The first-order valence-electron chi connectivity index (χ1n) is 7.74. The third-order valence-corrected chi connectivity index (χ3v) is 5.46. The SMILES string of the molecule is CCOC(=O)Cc1csc(S[C@@H](C)C(=O)NC[C@@H]2CCCO2)n1. The smallest absolute Gasteiger partial charge is 0.311 e. The molecule has 0 aromatic carbocycles. The first-order chi connectivity index (χ1) is 11.1. The Morgan fingerprint density at radius 3 is 3.13 bits per heavy atom. The Kier molecular flexibility index (Phi) is 7.32. The van der Waals surface area contributed by atoms with Gasteiger partial charge in [-0.25, -0.2) is 4.98 Å². The maximum absolute atomic E-state index is 12.1. The molecule has 2 heterocycles. The third-order valence-electron chi connectivity index (χ3n) is 3.34. The molecule has 1 saturated heterocycles. The Labute approximate surface area is 144 Å². The molecule has 0 aliphatic carbocycles. The predicted octanol–water partition coefficient (Wildman–Crippen LogP) is 2.02. The molecule has 0 unspecified atom stereocenters. The third kappa shape index (κ3) is 6.12. The largest absolute Gasteiger partial charge is 0.466 e. The minimum absolute atomic E-state index is 0.0207.